The van der Waals surface area contributed by atoms with Gasteiger partial charge in [-0.2, -0.15) is 4.37 Å². The molecule has 118 valence electrons. The van der Waals surface area contributed by atoms with E-state index in [-0.39, 0.29) is 0 Å². The van der Waals surface area contributed by atoms with Crippen LogP contribution in [0.1, 0.15) is 19.2 Å². The van der Waals surface area contributed by atoms with E-state index in [1.807, 2.05) is 0 Å². The topological polar surface area (TPSA) is 59.5 Å². The molecule has 0 spiro atoms. The molecule has 2 unspecified atom stereocenters. The van der Waals surface area contributed by atoms with E-state index in [1.165, 1.54) is 11.5 Å². The Labute approximate surface area is 130 Å². The second kappa shape index (κ2) is 7.49. The molecule has 2 saturated heterocycles. The van der Waals surface area contributed by atoms with E-state index >= 15 is 0 Å². The summed E-state index contributed by atoms with van der Waals surface area (Å²) in [5, 5.41) is 4.41. The van der Waals surface area contributed by atoms with Crippen LogP contribution in [0.4, 0.5) is 5.13 Å². The van der Waals surface area contributed by atoms with Crippen LogP contribution in [0.2, 0.25) is 0 Å². The van der Waals surface area contributed by atoms with Crippen LogP contribution in [-0.2, 0) is 15.9 Å². The third-order valence-electron chi connectivity index (χ3n) is 4.27. The van der Waals surface area contributed by atoms with Crippen molar-refractivity contribution in [3.8, 4) is 0 Å². The lowest BCUT2D eigenvalue weighted by atomic mass is 9.97. The molecule has 1 aromatic rings. The molecule has 0 aromatic carbocycles. The quantitative estimate of drug-likeness (QED) is 0.853. The third kappa shape index (κ3) is 3.91. The molecule has 3 rings (SSSR count). The van der Waals surface area contributed by atoms with Gasteiger partial charge in [-0.3, -0.25) is 4.90 Å². The minimum Gasteiger partial charge on any atom is -0.381 e. The summed E-state index contributed by atoms with van der Waals surface area (Å²) in [7, 11) is 0. The zero-order valence-electron chi connectivity index (χ0n) is 12.6. The Balaban J connectivity index is 1.60. The highest BCUT2D eigenvalue weighted by atomic mass is 32.1. The largest absolute Gasteiger partial charge is 0.381 e. The van der Waals surface area contributed by atoms with Gasteiger partial charge >= 0.3 is 0 Å². The Morgan fingerprint density at radius 2 is 2.19 bits per heavy atom. The van der Waals surface area contributed by atoms with Crippen LogP contribution in [-0.4, -0.2) is 66.4 Å². The second-order valence-corrected chi connectivity index (χ2v) is 6.34. The van der Waals surface area contributed by atoms with Gasteiger partial charge in [0.15, 0.2) is 0 Å². The molecular formula is C14H24N4O2S. The van der Waals surface area contributed by atoms with Crippen molar-refractivity contribution in [2.75, 3.05) is 51.4 Å². The number of aryl methyl sites for hydroxylation is 1. The minimum atomic E-state index is 0.491. The van der Waals surface area contributed by atoms with Crippen LogP contribution in [0, 0.1) is 5.92 Å². The van der Waals surface area contributed by atoms with E-state index < -0.39 is 0 Å². The number of hydrogen-bond acceptors (Lipinski definition) is 7. The average molecular weight is 312 g/mol. The molecule has 1 aromatic heterocycles. The summed E-state index contributed by atoms with van der Waals surface area (Å²) in [5.74, 6) is 1.53. The highest BCUT2D eigenvalue weighted by molar-refractivity contribution is 7.09. The maximum absolute atomic E-state index is 5.59. The van der Waals surface area contributed by atoms with Crippen LogP contribution < -0.4 is 5.32 Å². The fraction of sp³-hybridized carbons (Fsp3) is 0.857. The zero-order chi connectivity index (χ0) is 14.5. The van der Waals surface area contributed by atoms with Gasteiger partial charge in [0.2, 0.25) is 5.13 Å². The molecule has 6 nitrogen and oxygen atoms in total. The number of aromatic nitrogens is 2. The van der Waals surface area contributed by atoms with Gasteiger partial charge in [-0.05, 0) is 6.42 Å². The predicted octanol–water partition coefficient (Wildman–Crippen LogP) is 1.25. The summed E-state index contributed by atoms with van der Waals surface area (Å²) in [5.41, 5.74) is 0. The van der Waals surface area contributed by atoms with Crippen LogP contribution in [0.25, 0.3) is 0 Å². The normalized spacial score (nSPS) is 25.1. The van der Waals surface area contributed by atoms with E-state index in [0.29, 0.717) is 12.0 Å². The van der Waals surface area contributed by atoms with Gasteiger partial charge in [-0.15, -0.1) is 0 Å². The first-order valence-corrected chi connectivity index (χ1v) is 8.60. The van der Waals surface area contributed by atoms with Gasteiger partial charge in [-0.1, -0.05) is 6.92 Å². The molecule has 0 aliphatic carbocycles. The number of nitrogens with zero attached hydrogens (tertiary/aromatic N) is 3. The van der Waals surface area contributed by atoms with Crippen LogP contribution >= 0.6 is 11.5 Å². The second-order valence-electron chi connectivity index (χ2n) is 5.59. The summed E-state index contributed by atoms with van der Waals surface area (Å²) in [4.78, 5) is 7.03. The molecule has 0 amide bonds. The first-order chi connectivity index (χ1) is 10.4. The Morgan fingerprint density at radius 1 is 1.33 bits per heavy atom. The maximum atomic E-state index is 5.59. The van der Waals surface area contributed by atoms with E-state index in [1.54, 1.807) is 0 Å². The molecular weight excluding hydrogens is 288 g/mol. The van der Waals surface area contributed by atoms with Crippen molar-refractivity contribution in [2.45, 2.75) is 25.8 Å². The molecule has 2 atom stereocenters. The number of hydrogen-bond donors (Lipinski definition) is 1. The summed E-state index contributed by atoms with van der Waals surface area (Å²) in [6.45, 7) is 8.46. The lowest BCUT2D eigenvalue weighted by Crippen LogP contribution is -2.50. The lowest BCUT2D eigenvalue weighted by molar-refractivity contribution is 0.00461. The van der Waals surface area contributed by atoms with Gasteiger partial charge in [0.05, 0.1) is 19.8 Å². The van der Waals surface area contributed by atoms with Crippen molar-refractivity contribution < 1.29 is 9.47 Å². The van der Waals surface area contributed by atoms with Crippen molar-refractivity contribution in [3.05, 3.63) is 5.82 Å². The van der Waals surface area contributed by atoms with Crippen LogP contribution in [0.5, 0.6) is 0 Å². The summed E-state index contributed by atoms with van der Waals surface area (Å²) in [6.07, 6.45) is 2.04. The van der Waals surface area contributed by atoms with Crippen molar-refractivity contribution in [3.63, 3.8) is 0 Å². The van der Waals surface area contributed by atoms with Crippen LogP contribution in [0.3, 0.4) is 0 Å². The van der Waals surface area contributed by atoms with Gasteiger partial charge in [0.25, 0.3) is 0 Å². The summed E-state index contributed by atoms with van der Waals surface area (Å²) >= 11 is 1.46. The van der Waals surface area contributed by atoms with Gasteiger partial charge < -0.3 is 14.8 Å². The van der Waals surface area contributed by atoms with Crippen molar-refractivity contribution in [2.24, 2.45) is 5.92 Å². The number of anilines is 1. The van der Waals surface area contributed by atoms with E-state index in [2.05, 4.69) is 26.5 Å². The fourth-order valence-corrected chi connectivity index (χ4v) is 3.68. The molecule has 3 heterocycles. The Bertz CT molecular complexity index is 430. The molecule has 2 aliphatic rings. The first-order valence-electron chi connectivity index (χ1n) is 7.83. The predicted molar refractivity (Wildman–Crippen MR) is 82.9 cm³/mol. The molecule has 2 aliphatic heterocycles. The molecule has 21 heavy (non-hydrogen) atoms. The molecule has 1 N–H and O–H groups in total. The van der Waals surface area contributed by atoms with E-state index in [0.717, 1.165) is 69.9 Å². The van der Waals surface area contributed by atoms with Crippen molar-refractivity contribution in [1.82, 2.24) is 14.3 Å². The minimum absolute atomic E-state index is 0.491. The zero-order valence-corrected chi connectivity index (χ0v) is 13.4. The lowest BCUT2D eigenvalue weighted by Gasteiger charge is -2.37. The van der Waals surface area contributed by atoms with E-state index in [9.17, 15) is 0 Å². The maximum Gasteiger partial charge on any atom is 0.202 e. The van der Waals surface area contributed by atoms with Gasteiger partial charge in [-0.25, -0.2) is 4.98 Å². The highest BCUT2D eigenvalue weighted by Crippen LogP contribution is 2.23. The third-order valence-corrected chi connectivity index (χ3v) is 4.98. The van der Waals surface area contributed by atoms with Crippen LogP contribution in [0.15, 0.2) is 0 Å². The number of morpholine rings is 1. The molecule has 0 saturated carbocycles. The first kappa shape index (κ1) is 15.1. The Morgan fingerprint density at radius 3 is 2.86 bits per heavy atom. The number of ether oxygens (including phenoxy) is 2. The summed E-state index contributed by atoms with van der Waals surface area (Å²) < 4.78 is 15.4. The van der Waals surface area contributed by atoms with Crippen molar-refractivity contribution >= 4 is 16.7 Å². The summed E-state index contributed by atoms with van der Waals surface area (Å²) in [6, 6.07) is 0.491. The van der Waals surface area contributed by atoms with Crippen molar-refractivity contribution in [1.29, 1.82) is 0 Å². The highest BCUT2D eigenvalue weighted by Gasteiger charge is 2.31. The average Bonchev–Trinajstić information content (AvgIpc) is 3.20. The monoisotopic (exact) mass is 312 g/mol. The smallest absolute Gasteiger partial charge is 0.202 e. The number of nitrogens with one attached hydrogen (secondary N) is 1. The molecule has 0 radical (unpaired) electrons. The fourth-order valence-electron chi connectivity index (χ4n) is 3.02. The van der Waals surface area contributed by atoms with Gasteiger partial charge in [0, 0.05) is 56.2 Å². The standard InChI is InChI=1S/C14H24N4O2S/c1-2-13-16-14(21-17-13)15-9-12(11-3-6-20-10-11)18-4-7-19-8-5-18/h11-12H,2-10H2,1H3,(H,15,16,17). The molecule has 0 bridgehead atoms. The Hall–Kier alpha value is -0.760. The molecule has 7 heteroatoms. The van der Waals surface area contributed by atoms with Gasteiger partial charge in [0.1, 0.15) is 5.82 Å². The van der Waals surface area contributed by atoms with E-state index in [4.69, 9.17) is 9.47 Å². The SMILES string of the molecule is CCc1nsc(NCC(C2CCOC2)N2CCOCC2)n1. The Kier molecular flexibility index (Phi) is 5.40. The number of rotatable bonds is 6. The molecule has 2 fully saturated rings.